The third kappa shape index (κ3) is 5.81. The lowest BCUT2D eigenvalue weighted by atomic mass is 10.2. The predicted octanol–water partition coefficient (Wildman–Crippen LogP) is 3.66. The summed E-state index contributed by atoms with van der Waals surface area (Å²) >= 11 is 1.54. The van der Waals surface area contributed by atoms with Crippen LogP contribution in [0.15, 0.2) is 54.6 Å². The van der Waals surface area contributed by atoms with Gasteiger partial charge >= 0.3 is 0 Å². The van der Waals surface area contributed by atoms with Crippen molar-refractivity contribution in [1.29, 1.82) is 0 Å². The highest BCUT2D eigenvalue weighted by atomic mass is 32.2. The maximum atomic E-state index is 13.3. The summed E-state index contributed by atoms with van der Waals surface area (Å²) in [5.74, 6) is 0.265. The van der Waals surface area contributed by atoms with E-state index in [9.17, 15) is 14.0 Å². The van der Waals surface area contributed by atoms with Crippen molar-refractivity contribution in [2.75, 3.05) is 23.6 Å². The van der Waals surface area contributed by atoms with Gasteiger partial charge < -0.3 is 15.0 Å². The van der Waals surface area contributed by atoms with Gasteiger partial charge in [-0.3, -0.25) is 9.59 Å². The summed E-state index contributed by atoms with van der Waals surface area (Å²) in [6.07, 6.45) is 0.935. The molecule has 0 bridgehead atoms. The number of benzene rings is 2. The second-order valence-corrected chi connectivity index (χ2v) is 7.52. The molecule has 1 aliphatic rings. The summed E-state index contributed by atoms with van der Waals surface area (Å²) in [6.45, 7) is 1.01. The average molecular weight is 402 g/mol. The Hall–Kier alpha value is -2.38. The van der Waals surface area contributed by atoms with Crippen LogP contribution in [0.25, 0.3) is 0 Å². The molecule has 2 amide bonds. The van der Waals surface area contributed by atoms with Crippen molar-refractivity contribution < 1.29 is 18.7 Å². The minimum Gasteiger partial charge on any atom is -0.377 e. The van der Waals surface area contributed by atoms with Gasteiger partial charge in [-0.1, -0.05) is 36.4 Å². The summed E-state index contributed by atoms with van der Waals surface area (Å²) in [6, 6.07) is 15.1. The van der Waals surface area contributed by atoms with Gasteiger partial charge in [0.2, 0.25) is 11.8 Å². The standard InChI is InChI=1S/C21H23FN2O3S/c22-17-8-4-9-18(12-17)23-21(26)19-14-28-15-24(19)20(25)10-5-11-27-13-16-6-2-1-3-7-16/h1-4,6-9,12,19H,5,10-11,13-15H2,(H,23,26). The molecule has 1 heterocycles. The monoisotopic (exact) mass is 402 g/mol. The van der Waals surface area contributed by atoms with Crippen LogP contribution in [0.4, 0.5) is 10.1 Å². The number of nitrogens with one attached hydrogen (secondary N) is 1. The Labute approximate surface area is 168 Å². The fourth-order valence-corrected chi connectivity index (χ4v) is 4.11. The van der Waals surface area contributed by atoms with E-state index in [4.69, 9.17) is 4.74 Å². The summed E-state index contributed by atoms with van der Waals surface area (Å²) in [5.41, 5.74) is 1.49. The van der Waals surface area contributed by atoms with E-state index in [1.165, 1.54) is 18.2 Å². The Morgan fingerprint density at radius 2 is 2.00 bits per heavy atom. The van der Waals surface area contributed by atoms with Crippen LogP contribution in [0, 0.1) is 5.82 Å². The number of rotatable bonds is 8. The van der Waals surface area contributed by atoms with Crippen molar-refractivity contribution in [3.63, 3.8) is 0 Å². The zero-order valence-corrected chi connectivity index (χ0v) is 16.3. The van der Waals surface area contributed by atoms with E-state index < -0.39 is 11.9 Å². The fourth-order valence-electron chi connectivity index (χ4n) is 2.93. The molecule has 2 aromatic carbocycles. The lowest BCUT2D eigenvalue weighted by molar-refractivity contribution is -0.136. The second kappa shape index (κ2) is 10.2. The molecule has 148 valence electrons. The Bertz CT molecular complexity index is 803. The zero-order chi connectivity index (χ0) is 19.8. The van der Waals surface area contributed by atoms with Gasteiger partial charge in [0.15, 0.2) is 0 Å². The zero-order valence-electron chi connectivity index (χ0n) is 15.5. The topological polar surface area (TPSA) is 58.6 Å². The number of carbonyl (C=O) groups is 2. The summed E-state index contributed by atoms with van der Waals surface area (Å²) in [4.78, 5) is 26.6. The van der Waals surface area contributed by atoms with Gasteiger partial charge in [-0.25, -0.2) is 4.39 Å². The van der Waals surface area contributed by atoms with Crippen LogP contribution >= 0.6 is 11.8 Å². The first-order chi connectivity index (χ1) is 13.6. The van der Waals surface area contributed by atoms with E-state index in [0.29, 0.717) is 43.4 Å². The van der Waals surface area contributed by atoms with Crippen molar-refractivity contribution in [2.45, 2.75) is 25.5 Å². The second-order valence-electron chi connectivity index (χ2n) is 6.52. The first-order valence-electron chi connectivity index (χ1n) is 9.19. The number of nitrogens with zero attached hydrogens (tertiary/aromatic N) is 1. The van der Waals surface area contributed by atoms with Gasteiger partial charge in [-0.05, 0) is 30.2 Å². The minimum absolute atomic E-state index is 0.0623. The molecule has 1 atom stereocenters. The van der Waals surface area contributed by atoms with Crippen LogP contribution in [0.5, 0.6) is 0 Å². The molecular formula is C21H23FN2O3S. The summed E-state index contributed by atoms with van der Waals surface area (Å²) in [5, 5.41) is 2.69. The van der Waals surface area contributed by atoms with Gasteiger partial charge in [0.1, 0.15) is 11.9 Å². The van der Waals surface area contributed by atoms with E-state index in [0.717, 1.165) is 5.56 Å². The van der Waals surface area contributed by atoms with Crippen LogP contribution in [0.3, 0.4) is 0 Å². The smallest absolute Gasteiger partial charge is 0.248 e. The summed E-state index contributed by atoms with van der Waals surface area (Å²) in [7, 11) is 0. The Morgan fingerprint density at radius 1 is 1.18 bits per heavy atom. The molecule has 2 aromatic rings. The lowest BCUT2D eigenvalue weighted by Crippen LogP contribution is -2.44. The largest absolute Gasteiger partial charge is 0.377 e. The molecule has 0 aliphatic carbocycles. The molecule has 5 nitrogen and oxygen atoms in total. The molecule has 3 rings (SSSR count). The van der Waals surface area contributed by atoms with Gasteiger partial charge in [0, 0.05) is 24.5 Å². The van der Waals surface area contributed by atoms with Gasteiger partial charge in [0.05, 0.1) is 12.5 Å². The Morgan fingerprint density at radius 3 is 2.79 bits per heavy atom. The number of ether oxygens (including phenoxy) is 1. The Kier molecular flexibility index (Phi) is 7.45. The number of amides is 2. The number of carbonyl (C=O) groups excluding carboxylic acids is 2. The van der Waals surface area contributed by atoms with E-state index in [-0.39, 0.29) is 11.8 Å². The van der Waals surface area contributed by atoms with E-state index in [1.807, 2.05) is 30.3 Å². The van der Waals surface area contributed by atoms with Crippen molar-refractivity contribution in [1.82, 2.24) is 4.90 Å². The van der Waals surface area contributed by atoms with E-state index >= 15 is 0 Å². The lowest BCUT2D eigenvalue weighted by Gasteiger charge is -2.23. The maximum absolute atomic E-state index is 13.3. The van der Waals surface area contributed by atoms with Crippen molar-refractivity contribution in [2.24, 2.45) is 0 Å². The molecule has 1 N–H and O–H groups in total. The third-order valence-electron chi connectivity index (χ3n) is 4.39. The highest BCUT2D eigenvalue weighted by molar-refractivity contribution is 7.99. The molecule has 0 radical (unpaired) electrons. The SMILES string of the molecule is O=C(Nc1cccc(F)c1)C1CSCN1C(=O)CCCOCc1ccccc1. The molecule has 1 fully saturated rings. The third-order valence-corrected chi connectivity index (χ3v) is 5.40. The quantitative estimate of drug-likeness (QED) is 0.685. The minimum atomic E-state index is -0.536. The molecule has 0 spiro atoms. The van der Waals surface area contributed by atoms with Crippen LogP contribution < -0.4 is 5.32 Å². The Balaban J connectivity index is 1.43. The molecule has 28 heavy (non-hydrogen) atoms. The van der Waals surface area contributed by atoms with Crippen molar-refractivity contribution in [3.8, 4) is 0 Å². The van der Waals surface area contributed by atoms with Gasteiger partial charge in [-0.2, -0.15) is 0 Å². The van der Waals surface area contributed by atoms with Crippen molar-refractivity contribution >= 4 is 29.3 Å². The summed E-state index contributed by atoms with van der Waals surface area (Å²) < 4.78 is 18.9. The molecule has 0 aromatic heterocycles. The predicted molar refractivity (Wildman–Crippen MR) is 108 cm³/mol. The number of thioether (sulfide) groups is 1. The fraction of sp³-hybridized carbons (Fsp3) is 0.333. The highest BCUT2D eigenvalue weighted by Crippen LogP contribution is 2.23. The molecule has 1 unspecified atom stereocenters. The highest BCUT2D eigenvalue weighted by Gasteiger charge is 2.34. The number of hydrogen-bond acceptors (Lipinski definition) is 4. The number of hydrogen-bond donors (Lipinski definition) is 1. The number of halogens is 1. The van der Waals surface area contributed by atoms with Gasteiger partial charge in [-0.15, -0.1) is 11.8 Å². The maximum Gasteiger partial charge on any atom is 0.248 e. The van der Waals surface area contributed by atoms with Crippen LogP contribution in [0.1, 0.15) is 18.4 Å². The molecule has 1 aliphatic heterocycles. The van der Waals surface area contributed by atoms with Gasteiger partial charge in [0.25, 0.3) is 0 Å². The molecule has 0 saturated carbocycles. The van der Waals surface area contributed by atoms with Crippen LogP contribution in [0.2, 0.25) is 0 Å². The van der Waals surface area contributed by atoms with E-state index in [2.05, 4.69) is 5.32 Å². The van der Waals surface area contributed by atoms with Crippen molar-refractivity contribution in [3.05, 3.63) is 66.0 Å². The van der Waals surface area contributed by atoms with Crippen LogP contribution in [-0.4, -0.2) is 41.0 Å². The normalized spacial score (nSPS) is 16.2. The average Bonchev–Trinajstić information content (AvgIpc) is 3.18. The first kappa shape index (κ1) is 20.4. The molecule has 1 saturated heterocycles. The van der Waals surface area contributed by atoms with Crippen LogP contribution in [-0.2, 0) is 20.9 Å². The molecule has 7 heteroatoms. The first-order valence-corrected chi connectivity index (χ1v) is 10.3. The molecular weight excluding hydrogens is 379 g/mol. The number of anilines is 1. The van der Waals surface area contributed by atoms with E-state index in [1.54, 1.807) is 22.7 Å².